The third-order valence-corrected chi connectivity index (χ3v) is 6.80. The Labute approximate surface area is 197 Å². The van der Waals surface area contributed by atoms with Gasteiger partial charge in [-0.3, -0.25) is 0 Å². The fourth-order valence-electron chi connectivity index (χ4n) is 4.75. The number of rotatable bonds is 9. The predicted octanol–water partition coefficient (Wildman–Crippen LogP) is 6.98. The van der Waals surface area contributed by atoms with Crippen molar-refractivity contribution in [3.05, 3.63) is 71.0 Å². The van der Waals surface area contributed by atoms with E-state index in [2.05, 4.69) is 34.5 Å². The van der Waals surface area contributed by atoms with Crippen LogP contribution in [-0.4, -0.2) is 21.7 Å². The predicted molar refractivity (Wildman–Crippen MR) is 131 cm³/mol. The minimum Gasteiger partial charge on any atom is -0.361 e. The topological polar surface area (TPSA) is 79.2 Å². The average molecular weight is 463 g/mol. The third kappa shape index (κ3) is 4.49. The fraction of sp³-hybridized carbons (Fsp3) is 0.308. The molecule has 6 heteroatoms. The van der Waals surface area contributed by atoms with Crippen LogP contribution in [0.4, 0.5) is 0 Å². The normalized spacial score (nSPS) is 13.1. The highest BCUT2D eigenvalue weighted by Crippen LogP contribution is 2.39. The Bertz CT molecular complexity index is 1310. The fourth-order valence-corrected chi connectivity index (χ4v) is 5.18. The highest BCUT2D eigenvalue weighted by atomic mass is 35.5. The van der Waals surface area contributed by atoms with Gasteiger partial charge in [0.1, 0.15) is 0 Å². The molecule has 2 atom stereocenters. The number of aromatic amines is 2. The van der Waals surface area contributed by atoms with Crippen molar-refractivity contribution in [1.29, 1.82) is 10.5 Å². The minimum absolute atomic E-state index is 0.249. The number of aromatic nitrogens is 2. The molecule has 0 amide bonds. The molecule has 162 valence electrons. The van der Waals surface area contributed by atoms with Crippen molar-refractivity contribution in [2.45, 2.75) is 31.6 Å². The Morgan fingerprint density at radius 1 is 0.812 bits per heavy atom. The summed E-state index contributed by atoms with van der Waals surface area (Å²) in [6.07, 6.45) is 7.69. The number of H-pyrrole nitrogens is 2. The molecule has 0 radical (unpaired) electrons. The number of fused-ring (bicyclic) bond motifs is 2. The van der Waals surface area contributed by atoms with Gasteiger partial charge in [-0.15, -0.1) is 23.2 Å². The van der Waals surface area contributed by atoms with Crippen LogP contribution < -0.4 is 0 Å². The van der Waals surface area contributed by atoms with E-state index in [4.69, 9.17) is 23.2 Å². The van der Waals surface area contributed by atoms with Crippen LogP contribution in [0.25, 0.3) is 21.8 Å². The van der Waals surface area contributed by atoms with Gasteiger partial charge in [-0.1, -0.05) is 0 Å². The smallest absolute Gasteiger partial charge is 0.0991 e. The number of nitriles is 2. The largest absolute Gasteiger partial charge is 0.361 e. The van der Waals surface area contributed by atoms with E-state index in [0.717, 1.165) is 47.5 Å². The van der Waals surface area contributed by atoms with E-state index in [1.165, 1.54) is 11.1 Å². The third-order valence-electron chi connectivity index (χ3n) is 6.32. The second-order valence-electron chi connectivity index (χ2n) is 8.18. The van der Waals surface area contributed by atoms with Crippen LogP contribution in [0.15, 0.2) is 48.8 Å². The first kappa shape index (κ1) is 22.3. The summed E-state index contributed by atoms with van der Waals surface area (Å²) in [4.78, 5) is 6.72. The summed E-state index contributed by atoms with van der Waals surface area (Å²) >= 11 is 12.4. The van der Waals surface area contributed by atoms with Crippen LogP contribution in [0, 0.1) is 28.6 Å². The zero-order valence-corrected chi connectivity index (χ0v) is 19.2. The first-order valence-corrected chi connectivity index (χ1v) is 11.9. The highest BCUT2D eigenvalue weighted by Gasteiger charge is 2.26. The average Bonchev–Trinajstić information content (AvgIpc) is 3.42. The first-order chi connectivity index (χ1) is 15.7. The maximum absolute atomic E-state index is 9.39. The molecule has 4 aromatic rings. The van der Waals surface area contributed by atoms with Crippen molar-refractivity contribution >= 4 is 45.0 Å². The standard InChI is InChI=1S/C26H24Cl2N4/c27-8-1-2-21(24-16-32-26-6-4-18(14-30)11-23(24)26)19(7-9-28)12-20-15-31-25-5-3-17(13-29)10-22(20)25/h3-6,10-11,15-16,19,21,31-32H,1-2,7-9,12H2. The van der Waals surface area contributed by atoms with Gasteiger partial charge in [-0.2, -0.15) is 10.5 Å². The van der Waals surface area contributed by atoms with Crippen molar-refractivity contribution in [2.24, 2.45) is 5.92 Å². The van der Waals surface area contributed by atoms with E-state index in [-0.39, 0.29) is 5.92 Å². The number of benzene rings is 2. The summed E-state index contributed by atoms with van der Waals surface area (Å²) in [5.74, 6) is 1.72. The Hall–Kier alpha value is -2.92. The van der Waals surface area contributed by atoms with Gasteiger partial charge in [-0.25, -0.2) is 0 Å². The molecular weight excluding hydrogens is 439 g/mol. The molecule has 0 saturated carbocycles. The molecule has 0 spiro atoms. The van der Waals surface area contributed by atoms with E-state index < -0.39 is 0 Å². The molecule has 2 aromatic carbocycles. The SMILES string of the molecule is N#Cc1ccc2[nH]cc(CC(CCCl)C(CCCCl)c3c[nH]c4ccc(C#N)cc34)c2c1. The number of halogens is 2. The molecule has 2 unspecified atom stereocenters. The van der Waals surface area contributed by atoms with Crippen molar-refractivity contribution < 1.29 is 0 Å². The lowest BCUT2D eigenvalue weighted by Crippen LogP contribution is -2.17. The molecule has 4 rings (SSSR count). The molecule has 2 heterocycles. The van der Waals surface area contributed by atoms with Crippen LogP contribution >= 0.6 is 23.2 Å². The van der Waals surface area contributed by atoms with Gasteiger partial charge in [-0.05, 0) is 85.0 Å². The zero-order valence-electron chi connectivity index (χ0n) is 17.7. The molecule has 2 aromatic heterocycles. The molecule has 0 aliphatic heterocycles. The van der Waals surface area contributed by atoms with Crippen molar-refractivity contribution in [1.82, 2.24) is 9.97 Å². The van der Waals surface area contributed by atoms with Crippen LogP contribution in [0.3, 0.4) is 0 Å². The molecule has 0 aliphatic carbocycles. The second-order valence-corrected chi connectivity index (χ2v) is 8.94. The van der Waals surface area contributed by atoms with Crippen molar-refractivity contribution in [3.8, 4) is 12.1 Å². The Morgan fingerprint density at radius 3 is 2.12 bits per heavy atom. The summed E-state index contributed by atoms with van der Waals surface area (Å²) in [6.45, 7) is 0. The van der Waals surface area contributed by atoms with Crippen LogP contribution in [0.5, 0.6) is 0 Å². The summed E-state index contributed by atoms with van der Waals surface area (Å²) in [6, 6.07) is 16.0. The van der Waals surface area contributed by atoms with Crippen molar-refractivity contribution in [2.75, 3.05) is 11.8 Å². The monoisotopic (exact) mass is 462 g/mol. The minimum atomic E-state index is 0.249. The summed E-state index contributed by atoms with van der Waals surface area (Å²) in [5, 5.41) is 20.9. The molecule has 0 fully saturated rings. The number of alkyl halides is 2. The molecule has 32 heavy (non-hydrogen) atoms. The van der Waals surface area contributed by atoms with Gasteiger partial charge in [0.25, 0.3) is 0 Å². The van der Waals surface area contributed by atoms with Gasteiger partial charge in [0.15, 0.2) is 0 Å². The maximum Gasteiger partial charge on any atom is 0.0991 e. The van der Waals surface area contributed by atoms with Gasteiger partial charge >= 0.3 is 0 Å². The van der Waals surface area contributed by atoms with Gasteiger partial charge < -0.3 is 9.97 Å². The quantitative estimate of drug-likeness (QED) is 0.263. The Kier molecular flexibility index (Phi) is 7.05. The Balaban J connectivity index is 1.75. The van der Waals surface area contributed by atoms with Crippen molar-refractivity contribution in [3.63, 3.8) is 0 Å². The van der Waals surface area contributed by atoms with Gasteiger partial charge in [0, 0.05) is 46.0 Å². The Morgan fingerprint density at radius 2 is 1.47 bits per heavy atom. The summed E-state index contributed by atoms with van der Waals surface area (Å²) in [5.41, 5.74) is 5.79. The van der Waals surface area contributed by atoms with E-state index >= 15 is 0 Å². The van der Waals surface area contributed by atoms with Crippen LogP contribution in [0.2, 0.25) is 0 Å². The number of nitrogens with zero attached hydrogens (tertiary/aromatic N) is 2. The lowest BCUT2D eigenvalue weighted by molar-refractivity contribution is 0.389. The van der Waals surface area contributed by atoms with Gasteiger partial charge in [0.05, 0.1) is 23.3 Å². The number of hydrogen-bond acceptors (Lipinski definition) is 2. The molecule has 4 nitrogen and oxygen atoms in total. The number of hydrogen-bond donors (Lipinski definition) is 2. The highest BCUT2D eigenvalue weighted by molar-refractivity contribution is 6.18. The molecule has 0 bridgehead atoms. The molecule has 0 saturated heterocycles. The van der Waals surface area contributed by atoms with E-state index in [1.807, 2.05) is 36.4 Å². The van der Waals surface area contributed by atoms with E-state index in [0.29, 0.717) is 28.8 Å². The van der Waals surface area contributed by atoms with Gasteiger partial charge in [0.2, 0.25) is 0 Å². The lowest BCUT2D eigenvalue weighted by atomic mass is 9.78. The molecule has 2 N–H and O–H groups in total. The van der Waals surface area contributed by atoms with E-state index in [1.54, 1.807) is 0 Å². The molecule has 0 aliphatic rings. The maximum atomic E-state index is 9.39. The zero-order chi connectivity index (χ0) is 22.5. The first-order valence-electron chi connectivity index (χ1n) is 10.8. The van der Waals surface area contributed by atoms with Crippen LogP contribution in [-0.2, 0) is 6.42 Å². The van der Waals surface area contributed by atoms with E-state index in [9.17, 15) is 10.5 Å². The van der Waals surface area contributed by atoms with Crippen LogP contribution in [0.1, 0.15) is 47.4 Å². The lowest BCUT2D eigenvalue weighted by Gasteiger charge is -2.27. The molecular formula is C26H24Cl2N4. The summed E-state index contributed by atoms with van der Waals surface area (Å²) < 4.78 is 0. The number of nitrogens with one attached hydrogen (secondary N) is 2. The summed E-state index contributed by atoms with van der Waals surface area (Å²) in [7, 11) is 0. The second kappa shape index (κ2) is 10.1.